The van der Waals surface area contributed by atoms with Crippen molar-refractivity contribution < 1.29 is 14.3 Å². The molecule has 0 N–H and O–H groups in total. The van der Waals surface area contributed by atoms with Gasteiger partial charge in [0.15, 0.2) is 0 Å². The predicted molar refractivity (Wildman–Crippen MR) is 132 cm³/mol. The Hall–Kier alpha value is -2.66. The molecule has 0 spiro atoms. The van der Waals surface area contributed by atoms with Crippen molar-refractivity contribution in [3.63, 3.8) is 0 Å². The maximum atomic E-state index is 12.8. The zero-order valence-corrected chi connectivity index (χ0v) is 20.2. The quantitative estimate of drug-likeness (QED) is 0.624. The van der Waals surface area contributed by atoms with E-state index in [2.05, 4.69) is 42.2 Å². The number of amides is 1. The molecule has 33 heavy (non-hydrogen) atoms. The summed E-state index contributed by atoms with van der Waals surface area (Å²) in [7, 11) is 0. The van der Waals surface area contributed by atoms with Crippen LogP contribution in [0, 0.1) is 0 Å². The molecule has 5 nitrogen and oxygen atoms in total. The summed E-state index contributed by atoms with van der Waals surface area (Å²) in [5.74, 6) is 1.25. The number of nitrogens with zero attached hydrogens (tertiary/aromatic N) is 2. The molecule has 0 radical (unpaired) electrons. The van der Waals surface area contributed by atoms with E-state index in [0.717, 1.165) is 69.7 Å². The van der Waals surface area contributed by atoms with Gasteiger partial charge >= 0.3 is 0 Å². The van der Waals surface area contributed by atoms with Crippen LogP contribution in [0.2, 0.25) is 0 Å². The number of Topliss-reactive ketones (excluding diaryl/α,β-unsaturated/α-hetero) is 1. The Morgan fingerprint density at radius 3 is 2.48 bits per heavy atom. The van der Waals surface area contributed by atoms with Crippen molar-refractivity contribution in [1.29, 1.82) is 0 Å². The normalized spacial score (nSPS) is 18.0. The molecule has 2 aromatic rings. The zero-order valence-electron chi connectivity index (χ0n) is 20.2. The SMILES string of the molecule is CCc1ccccc1C1(C(C)=O)CCN(CCOc2ccc3c(c2)CCCN3C(C)=O)CC1. The Bertz CT molecular complexity index is 1010. The molecule has 0 bridgehead atoms. The Morgan fingerprint density at radius 2 is 1.79 bits per heavy atom. The molecule has 1 fully saturated rings. The lowest BCUT2D eigenvalue weighted by Gasteiger charge is -2.41. The van der Waals surface area contributed by atoms with Crippen LogP contribution in [0.15, 0.2) is 42.5 Å². The Balaban J connectivity index is 1.34. The fourth-order valence-corrected chi connectivity index (χ4v) is 5.55. The number of piperidine rings is 1. The van der Waals surface area contributed by atoms with Gasteiger partial charge in [-0.05, 0) is 87.0 Å². The van der Waals surface area contributed by atoms with Gasteiger partial charge < -0.3 is 9.64 Å². The van der Waals surface area contributed by atoms with Crippen molar-refractivity contribution in [2.75, 3.05) is 37.7 Å². The first-order valence-electron chi connectivity index (χ1n) is 12.3. The number of likely N-dealkylation sites (tertiary alicyclic amines) is 1. The van der Waals surface area contributed by atoms with Crippen molar-refractivity contribution >= 4 is 17.4 Å². The summed E-state index contributed by atoms with van der Waals surface area (Å²) in [6, 6.07) is 14.5. The van der Waals surface area contributed by atoms with E-state index < -0.39 is 0 Å². The summed E-state index contributed by atoms with van der Waals surface area (Å²) in [6.07, 6.45) is 4.64. The van der Waals surface area contributed by atoms with E-state index >= 15 is 0 Å². The molecule has 0 atom stereocenters. The van der Waals surface area contributed by atoms with Gasteiger partial charge in [-0.15, -0.1) is 0 Å². The fourth-order valence-electron chi connectivity index (χ4n) is 5.55. The second-order valence-electron chi connectivity index (χ2n) is 9.40. The van der Waals surface area contributed by atoms with Crippen LogP contribution in [0.4, 0.5) is 5.69 Å². The highest BCUT2D eigenvalue weighted by atomic mass is 16.5. The van der Waals surface area contributed by atoms with E-state index in [1.807, 2.05) is 17.0 Å². The molecule has 2 aliphatic rings. The summed E-state index contributed by atoms with van der Waals surface area (Å²) in [5, 5.41) is 0. The zero-order chi connectivity index (χ0) is 23.4. The van der Waals surface area contributed by atoms with Gasteiger partial charge in [-0.3, -0.25) is 14.5 Å². The minimum absolute atomic E-state index is 0.0953. The Morgan fingerprint density at radius 1 is 1.03 bits per heavy atom. The van der Waals surface area contributed by atoms with Gasteiger partial charge in [0.05, 0.1) is 5.41 Å². The van der Waals surface area contributed by atoms with Gasteiger partial charge in [0.2, 0.25) is 5.91 Å². The predicted octanol–water partition coefficient (Wildman–Crippen LogP) is 4.55. The lowest BCUT2D eigenvalue weighted by molar-refractivity contribution is -0.124. The van der Waals surface area contributed by atoms with Crippen molar-refractivity contribution in [3.8, 4) is 5.75 Å². The standard InChI is InChI=1S/C28H36N2O3/c1-4-23-8-5-6-10-26(23)28(21(2)31)13-16-29(17-14-28)18-19-33-25-11-12-27-24(20-25)9-7-15-30(27)22(3)32/h5-6,8,10-12,20H,4,7,9,13-19H2,1-3H3. The van der Waals surface area contributed by atoms with E-state index in [9.17, 15) is 9.59 Å². The summed E-state index contributed by atoms with van der Waals surface area (Å²) >= 11 is 0. The molecule has 0 unspecified atom stereocenters. The van der Waals surface area contributed by atoms with Gasteiger partial charge in [0.25, 0.3) is 0 Å². The lowest BCUT2D eigenvalue weighted by Crippen LogP contribution is -2.47. The van der Waals surface area contributed by atoms with Gasteiger partial charge in [0.1, 0.15) is 18.1 Å². The van der Waals surface area contributed by atoms with E-state index in [-0.39, 0.29) is 17.1 Å². The lowest BCUT2D eigenvalue weighted by atomic mass is 9.68. The van der Waals surface area contributed by atoms with Crippen LogP contribution in [0.25, 0.3) is 0 Å². The van der Waals surface area contributed by atoms with Crippen LogP contribution in [0.1, 0.15) is 56.7 Å². The third kappa shape index (κ3) is 4.84. The van der Waals surface area contributed by atoms with Crippen LogP contribution in [-0.2, 0) is 27.8 Å². The molecule has 2 heterocycles. The number of anilines is 1. The van der Waals surface area contributed by atoms with Gasteiger partial charge in [-0.1, -0.05) is 31.2 Å². The minimum atomic E-state index is -0.356. The topological polar surface area (TPSA) is 49.9 Å². The number of carbonyl (C=O) groups excluding carboxylic acids is 2. The maximum Gasteiger partial charge on any atom is 0.223 e. The molecule has 4 rings (SSSR count). The second-order valence-corrected chi connectivity index (χ2v) is 9.40. The molecule has 1 saturated heterocycles. The van der Waals surface area contributed by atoms with Crippen LogP contribution >= 0.6 is 0 Å². The first kappa shape index (κ1) is 23.5. The van der Waals surface area contributed by atoms with Crippen molar-refractivity contribution in [1.82, 2.24) is 4.90 Å². The monoisotopic (exact) mass is 448 g/mol. The van der Waals surface area contributed by atoms with Gasteiger partial charge in [-0.2, -0.15) is 0 Å². The smallest absolute Gasteiger partial charge is 0.223 e. The minimum Gasteiger partial charge on any atom is -0.492 e. The average Bonchev–Trinajstić information content (AvgIpc) is 2.83. The molecule has 0 aromatic heterocycles. The highest BCUT2D eigenvalue weighted by Gasteiger charge is 2.41. The molecule has 1 amide bonds. The first-order valence-corrected chi connectivity index (χ1v) is 12.3. The molecular weight excluding hydrogens is 412 g/mol. The highest BCUT2D eigenvalue weighted by Crippen LogP contribution is 2.38. The second kappa shape index (κ2) is 10.1. The first-order chi connectivity index (χ1) is 15.9. The number of rotatable bonds is 7. The number of hydrogen-bond donors (Lipinski definition) is 0. The van der Waals surface area contributed by atoms with Crippen molar-refractivity contribution in [3.05, 3.63) is 59.2 Å². The largest absolute Gasteiger partial charge is 0.492 e. The van der Waals surface area contributed by atoms with Crippen LogP contribution < -0.4 is 9.64 Å². The average molecular weight is 449 g/mol. The molecule has 2 aliphatic heterocycles. The van der Waals surface area contributed by atoms with Crippen molar-refractivity contribution in [2.45, 2.75) is 58.3 Å². The molecule has 176 valence electrons. The van der Waals surface area contributed by atoms with Crippen molar-refractivity contribution in [2.24, 2.45) is 0 Å². The Labute approximate surface area is 197 Å². The van der Waals surface area contributed by atoms with Gasteiger partial charge in [-0.25, -0.2) is 0 Å². The van der Waals surface area contributed by atoms with Crippen LogP contribution in [0.3, 0.4) is 0 Å². The van der Waals surface area contributed by atoms with Gasteiger partial charge in [0, 0.05) is 25.7 Å². The molecule has 2 aromatic carbocycles. The van der Waals surface area contributed by atoms with E-state index in [1.165, 1.54) is 16.7 Å². The molecule has 0 aliphatic carbocycles. The summed E-state index contributed by atoms with van der Waals surface area (Å²) < 4.78 is 6.08. The van der Waals surface area contributed by atoms with E-state index in [1.54, 1.807) is 13.8 Å². The number of ketones is 1. The summed E-state index contributed by atoms with van der Waals surface area (Å²) in [4.78, 5) is 28.9. The number of benzene rings is 2. The number of carbonyl (C=O) groups is 2. The van der Waals surface area contributed by atoms with E-state index in [0.29, 0.717) is 6.61 Å². The summed E-state index contributed by atoms with van der Waals surface area (Å²) in [5.41, 5.74) is 4.37. The van der Waals surface area contributed by atoms with Crippen LogP contribution in [0.5, 0.6) is 5.75 Å². The van der Waals surface area contributed by atoms with Crippen LogP contribution in [-0.4, -0.2) is 49.4 Å². The molecule has 0 saturated carbocycles. The third-order valence-corrected chi connectivity index (χ3v) is 7.52. The summed E-state index contributed by atoms with van der Waals surface area (Å²) in [6.45, 7) is 9.61. The Kier molecular flexibility index (Phi) is 7.18. The fraction of sp³-hybridized carbons (Fsp3) is 0.500. The number of aryl methyl sites for hydroxylation is 2. The van der Waals surface area contributed by atoms with E-state index in [4.69, 9.17) is 4.74 Å². The maximum absolute atomic E-state index is 12.8. The number of fused-ring (bicyclic) bond motifs is 1. The number of ether oxygens (including phenoxy) is 1. The highest BCUT2D eigenvalue weighted by molar-refractivity contribution is 5.93. The molecule has 5 heteroatoms. The number of hydrogen-bond acceptors (Lipinski definition) is 4. The molecular formula is C28H36N2O3. The third-order valence-electron chi connectivity index (χ3n) is 7.52.